The third-order valence-corrected chi connectivity index (χ3v) is 4.16. The summed E-state index contributed by atoms with van der Waals surface area (Å²) in [7, 11) is 2.22. The topological polar surface area (TPSA) is 6.48 Å². The van der Waals surface area contributed by atoms with Gasteiger partial charge in [-0.1, -0.05) is 36.2 Å². The van der Waals surface area contributed by atoms with Crippen LogP contribution in [0.15, 0.2) is 24.3 Å². The van der Waals surface area contributed by atoms with Crippen molar-refractivity contribution in [2.24, 2.45) is 0 Å². The van der Waals surface area contributed by atoms with Crippen LogP contribution >= 0.6 is 0 Å². The van der Waals surface area contributed by atoms with E-state index in [-0.39, 0.29) is 0 Å². The second-order valence-corrected chi connectivity index (χ2v) is 5.94. The van der Waals surface area contributed by atoms with Gasteiger partial charge < -0.3 is 9.80 Å². The highest BCUT2D eigenvalue weighted by Gasteiger charge is 2.12. The lowest BCUT2D eigenvalue weighted by Crippen LogP contribution is -2.44. The zero-order valence-electron chi connectivity index (χ0n) is 12.6. The molecule has 0 atom stereocenters. The molecular weight excluding hydrogens is 232 g/mol. The predicted molar refractivity (Wildman–Crippen MR) is 82.7 cm³/mol. The average Bonchev–Trinajstić information content (AvgIpc) is 2.43. The predicted octanol–water partition coefficient (Wildman–Crippen LogP) is 2.96. The molecule has 1 heterocycles. The molecule has 0 radical (unpaired) electrons. The first-order valence-corrected chi connectivity index (χ1v) is 7.70. The summed E-state index contributed by atoms with van der Waals surface area (Å²) < 4.78 is 0. The highest BCUT2D eigenvalue weighted by atomic mass is 15.2. The lowest BCUT2D eigenvalue weighted by molar-refractivity contribution is 0.152. The standard InChI is InChI=1S/C17H28N2/c1-16-7-9-17(10-8-16)6-4-3-5-11-19-14-12-18(2)13-15-19/h7-10H,3-6,11-15H2,1-2H3. The Morgan fingerprint density at radius 2 is 1.58 bits per heavy atom. The fourth-order valence-corrected chi connectivity index (χ4v) is 2.67. The fraction of sp³-hybridized carbons (Fsp3) is 0.647. The zero-order chi connectivity index (χ0) is 13.5. The van der Waals surface area contributed by atoms with Crippen molar-refractivity contribution in [1.82, 2.24) is 9.80 Å². The number of benzene rings is 1. The highest BCUT2D eigenvalue weighted by molar-refractivity contribution is 5.21. The molecule has 1 aliphatic heterocycles. The number of likely N-dealkylation sites (N-methyl/N-ethyl adjacent to an activating group) is 1. The Balaban J connectivity index is 1.53. The van der Waals surface area contributed by atoms with Gasteiger partial charge in [0, 0.05) is 26.2 Å². The third-order valence-electron chi connectivity index (χ3n) is 4.16. The summed E-state index contributed by atoms with van der Waals surface area (Å²) in [5.41, 5.74) is 2.85. The molecule has 0 spiro atoms. The van der Waals surface area contributed by atoms with Gasteiger partial charge in [-0.25, -0.2) is 0 Å². The summed E-state index contributed by atoms with van der Waals surface area (Å²) in [5.74, 6) is 0. The van der Waals surface area contributed by atoms with Gasteiger partial charge in [-0.3, -0.25) is 0 Å². The van der Waals surface area contributed by atoms with Gasteiger partial charge in [0.25, 0.3) is 0 Å². The summed E-state index contributed by atoms with van der Waals surface area (Å²) in [6, 6.07) is 8.99. The van der Waals surface area contributed by atoms with Gasteiger partial charge in [0.05, 0.1) is 0 Å². The van der Waals surface area contributed by atoms with E-state index < -0.39 is 0 Å². The van der Waals surface area contributed by atoms with Crippen molar-refractivity contribution in [3.63, 3.8) is 0 Å². The van der Waals surface area contributed by atoms with E-state index in [0.717, 1.165) is 0 Å². The maximum Gasteiger partial charge on any atom is 0.0110 e. The van der Waals surface area contributed by atoms with Crippen molar-refractivity contribution >= 4 is 0 Å². The van der Waals surface area contributed by atoms with Crippen LogP contribution in [-0.4, -0.2) is 49.6 Å². The lowest BCUT2D eigenvalue weighted by Gasteiger charge is -2.32. The molecule has 1 fully saturated rings. The molecule has 0 aromatic heterocycles. The van der Waals surface area contributed by atoms with Crippen LogP contribution in [0.25, 0.3) is 0 Å². The Hall–Kier alpha value is -0.860. The first-order chi connectivity index (χ1) is 9.24. The summed E-state index contributed by atoms with van der Waals surface area (Å²) in [5, 5.41) is 0. The normalized spacial score (nSPS) is 17.8. The van der Waals surface area contributed by atoms with Crippen molar-refractivity contribution < 1.29 is 0 Å². The Bertz CT molecular complexity index is 350. The van der Waals surface area contributed by atoms with Crippen LogP contribution in [0.3, 0.4) is 0 Å². The molecule has 0 aliphatic carbocycles. The van der Waals surface area contributed by atoms with E-state index in [0.29, 0.717) is 0 Å². The number of rotatable bonds is 6. The molecule has 19 heavy (non-hydrogen) atoms. The number of nitrogens with zero attached hydrogens (tertiary/aromatic N) is 2. The monoisotopic (exact) mass is 260 g/mol. The van der Waals surface area contributed by atoms with E-state index in [9.17, 15) is 0 Å². The van der Waals surface area contributed by atoms with Gasteiger partial charge in [0.2, 0.25) is 0 Å². The molecule has 1 saturated heterocycles. The molecule has 1 aliphatic rings. The van der Waals surface area contributed by atoms with Crippen molar-refractivity contribution in [2.75, 3.05) is 39.8 Å². The summed E-state index contributed by atoms with van der Waals surface area (Å²) >= 11 is 0. The highest BCUT2D eigenvalue weighted by Crippen LogP contribution is 2.09. The maximum absolute atomic E-state index is 2.62. The Kier molecular flexibility index (Phi) is 5.87. The minimum atomic E-state index is 1.24. The number of unbranched alkanes of at least 4 members (excludes halogenated alkanes) is 2. The van der Waals surface area contributed by atoms with Gasteiger partial charge in [-0.2, -0.15) is 0 Å². The number of piperazine rings is 1. The van der Waals surface area contributed by atoms with Crippen LogP contribution in [0, 0.1) is 6.92 Å². The van der Waals surface area contributed by atoms with E-state index in [1.165, 1.54) is 69.5 Å². The van der Waals surface area contributed by atoms with E-state index in [1.54, 1.807) is 0 Å². The van der Waals surface area contributed by atoms with E-state index in [4.69, 9.17) is 0 Å². The molecule has 1 aromatic rings. The van der Waals surface area contributed by atoms with Gasteiger partial charge >= 0.3 is 0 Å². The summed E-state index contributed by atoms with van der Waals surface area (Å²) in [4.78, 5) is 5.04. The first kappa shape index (κ1) is 14.5. The number of hydrogen-bond donors (Lipinski definition) is 0. The molecule has 1 aromatic carbocycles. The molecule has 2 nitrogen and oxygen atoms in total. The fourth-order valence-electron chi connectivity index (χ4n) is 2.67. The zero-order valence-corrected chi connectivity index (χ0v) is 12.6. The maximum atomic E-state index is 2.62. The van der Waals surface area contributed by atoms with Crippen LogP contribution in [0.5, 0.6) is 0 Å². The Morgan fingerprint density at radius 1 is 0.895 bits per heavy atom. The molecule has 106 valence electrons. The largest absolute Gasteiger partial charge is 0.304 e. The van der Waals surface area contributed by atoms with Crippen LogP contribution in [-0.2, 0) is 6.42 Å². The van der Waals surface area contributed by atoms with Gasteiger partial charge in [-0.05, 0) is 45.3 Å². The van der Waals surface area contributed by atoms with Crippen LogP contribution in [0.4, 0.5) is 0 Å². The minimum Gasteiger partial charge on any atom is -0.304 e. The third kappa shape index (κ3) is 5.33. The van der Waals surface area contributed by atoms with E-state index in [2.05, 4.69) is 48.0 Å². The lowest BCUT2D eigenvalue weighted by atomic mass is 10.1. The van der Waals surface area contributed by atoms with Crippen molar-refractivity contribution in [1.29, 1.82) is 0 Å². The molecule has 0 bridgehead atoms. The van der Waals surface area contributed by atoms with E-state index in [1.807, 2.05) is 0 Å². The van der Waals surface area contributed by atoms with Gasteiger partial charge in [-0.15, -0.1) is 0 Å². The van der Waals surface area contributed by atoms with Crippen LogP contribution in [0.2, 0.25) is 0 Å². The van der Waals surface area contributed by atoms with Gasteiger partial charge in [0.15, 0.2) is 0 Å². The molecular formula is C17H28N2. The molecule has 0 N–H and O–H groups in total. The molecule has 2 heteroatoms. The van der Waals surface area contributed by atoms with Crippen molar-refractivity contribution in [3.8, 4) is 0 Å². The van der Waals surface area contributed by atoms with Crippen molar-refractivity contribution in [3.05, 3.63) is 35.4 Å². The number of aryl methyl sites for hydroxylation is 2. The van der Waals surface area contributed by atoms with E-state index >= 15 is 0 Å². The average molecular weight is 260 g/mol. The molecule has 0 unspecified atom stereocenters. The van der Waals surface area contributed by atoms with Gasteiger partial charge in [0.1, 0.15) is 0 Å². The Morgan fingerprint density at radius 3 is 2.26 bits per heavy atom. The summed E-state index contributed by atoms with van der Waals surface area (Å²) in [6.07, 6.45) is 5.29. The molecule has 2 rings (SSSR count). The SMILES string of the molecule is Cc1ccc(CCCCCN2CCN(C)CC2)cc1. The summed E-state index contributed by atoms with van der Waals surface area (Å²) in [6.45, 7) is 8.44. The Labute approximate surface area is 118 Å². The first-order valence-electron chi connectivity index (χ1n) is 7.70. The van der Waals surface area contributed by atoms with Crippen molar-refractivity contribution in [2.45, 2.75) is 32.6 Å². The number of hydrogen-bond acceptors (Lipinski definition) is 2. The second kappa shape index (κ2) is 7.66. The quantitative estimate of drug-likeness (QED) is 0.726. The molecule has 0 amide bonds. The van der Waals surface area contributed by atoms with Crippen LogP contribution in [0.1, 0.15) is 30.4 Å². The second-order valence-electron chi connectivity index (χ2n) is 5.94. The molecule has 0 saturated carbocycles. The minimum absolute atomic E-state index is 1.24. The van der Waals surface area contributed by atoms with Crippen LogP contribution < -0.4 is 0 Å². The smallest absolute Gasteiger partial charge is 0.0110 e.